The summed E-state index contributed by atoms with van der Waals surface area (Å²) in [6.07, 6.45) is 0. The molecule has 2 heterocycles. The molecule has 2 aromatic rings. The van der Waals surface area contributed by atoms with Gasteiger partial charge in [0.1, 0.15) is 0 Å². The Kier molecular flexibility index (Phi) is 4.54. The monoisotopic (exact) mass is 545 g/mol. The van der Waals surface area contributed by atoms with Gasteiger partial charge in [0.2, 0.25) is 0 Å². The summed E-state index contributed by atoms with van der Waals surface area (Å²) in [5, 5.41) is 1.58. The van der Waals surface area contributed by atoms with Crippen molar-refractivity contribution in [1.82, 2.24) is 0 Å². The van der Waals surface area contributed by atoms with E-state index in [9.17, 15) is 4.39 Å². The van der Waals surface area contributed by atoms with Gasteiger partial charge in [-0.2, -0.15) is 0 Å². The summed E-state index contributed by atoms with van der Waals surface area (Å²) in [5.74, 6) is 3.43. The second-order valence-electron chi connectivity index (χ2n) is 7.18. The summed E-state index contributed by atoms with van der Waals surface area (Å²) in [5.41, 5.74) is 0.734. The van der Waals surface area contributed by atoms with Gasteiger partial charge < -0.3 is 0 Å². The fraction of sp³-hybridized carbons (Fsp3) is 0.368. The number of rotatable bonds is 3. The molecule has 2 aliphatic rings. The molecule has 0 amide bonds. The molecule has 2 aliphatic heterocycles. The van der Waals surface area contributed by atoms with Gasteiger partial charge in [-0.1, -0.05) is 0 Å². The molecule has 1 atom stereocenters. The van der Waals surface area contributed by atoms with E-state index in [0.717, 1.165) is 16.2 Å². The molecule has 0 spiro atoms. The van der Waals surface area contributed by atoms with Crippen molar-refractivity contribution < 1.29 is 23.2 Å². The maximum absolute atomic E-state index is 14.6. The van der Waals surface area contributed by atoms with E-state index in [1.54, 1.807) is 13.2 Å². The molecule has 0 N–H and O–H groups in total. The van der Waals surface area contributed by atoms with Gasteiger partial charge in [0, 0.05) is 0 Å². The third-order valence-corrected chi connectivity index (χ3v) is 11.7. The van der Waals surface area contributed by atoms with Crippen molar-refractivity contribution in [3.05, 3.63) is 35.6 Å². The average molecular weight is 545 g/mol. The van der Waals surface area contributed by atoms with E-state index in [0.29, 0.717) is 11.3 Å². The van der Waals surface area contributed by atoms with E-state index in [1.165, 1.54) is 6.07 Å². The standard InChI is InChI=1S/C19H18BFO4.Tl/c1-6-15-17(21)8-7-13-9-14(23-11-22-5)10-16(18(13)15)20-24-12(2)19(3,4)25-20;/h7-10H,11H2,2-5H3;. The molecule has 0 aromatic heterocycles. The van der Waals surface area contributed by atoms with Gasteiger partial charge in [0.05, 0.1) is 0 Å². The molecular weight excluding hydrogens is 526 g/mol. The predicted molar refractivity (Wildman–Crippen MR) is 99.1 cm³/mol. The molecule has 26 heavy (non-hydrogen) atoms. The van der Waals surface area contributed by atoms with Gasteiger partial charge in [0.15, 0.2) is 0 Å². The molecule has 0 radical (unpaired) electrons. The van der Waals surface area contributed by atoms with E-state index in [1.807, 2.05) is 26.0 Å². The van der Waals surface area contributed by atoms with Gasteiger partial charge in [-0.05, 0) is 0 Å². The molecule has 1 unspecified atom stereocenters. The molecule has 4 nitrogen and oxygen atoms in total. The first-order chi connectivity index (χ1) is 12.3. The first-order valence-electron chi connectivity index (χ1n) is 8.44. The third-order valence-electron chi connectivity index (χ3n) is 5.16. The summed E-state index contributed by atoms with van der Waals surface area (Å²) in [7, 11) is 0.986. The molecule has 131 valence electrons. The summed E-state index contributed by atoms with van der Waals surface area (Å²) in [6, 6.07) is 6.90. The minimum atomic E-state index is -1.71. The SMILES string of the molecule is COCOc1cc2c3c(c(F)ccc3c1)C#[C][Tl][C]1(C)OB2OC1(C)C. The van der Waals surface area contributed by atoms with Gasteiger partial charge in [-0.15, -0.1) is 0 Å². The van der Waals surface area contributed by atoms with E-state index >= 15 is 0 Å². The van der Waals surface area contributed by atoms with E-state index in [4.69, 9.17) is 18.8 Å². The van der Waals surface area contributed by atoms with Crippen molar-refractivity contribution in [3.63, 3.8) is 0 Å². The Balaban J connectivity index is 1.99. The van der Waals surface area contributed by atoms with Crippen molar-refractivity contribution in [1.29, 1.82) is 0 Å². The Hall–Kier alpha value is -1.14. The van der Waals surface area contributed by atoms with Gasteiger partial charge in [-0.3, -0.25) is 0 Å². The van der Waals surface area contributed by atoms with E-state index in [-0.39, 0.29) is 15.8 Å². The number of methoxy groups -OCH3 is 1. The normalized spacial score (nSPS) is 22.4. The third kappa shape index (κ3) is 2.85. The number of ether oxygens (including phenoxy) is 2. The minimum absolute atomic E-state index is 0.130. The molecule has 2 aromatic carbocycles. The second-order valence-corrected chi connectivity index (χ2v) is 13.7. The number of benzene rings is 2. The Morgan fingerprint density at radius 1 is 1.23 bits per heavy atom. The Bertz CT molecular complexity index is 952. The first kappa shape index (κ1) is 18.2. The van der Waals surface area contributed by atoms with Crippen LogP contribution in [0.4, 0.5) is 4.39 Å². The zero-order valence-electron chi connectivity index (χ0n) is 15.2. The van der Waals surface area contributed by atoms with Gasteiger partial charge >= 0.3 is 165 Å². The van der Waals surface area contributed by atoms with Crippen molar-refractivity contribution in [2.45, 2.75) is 29.5 Å². The van der Waals surface area contributed by atoms with Crippen LogP contribution in [-0.2, 0) is 14.0 Å². The van der Waals surface area contributed by atoms with Crippen LogP contribution in [0.25, 0.3) is 10.8 Å². The van der Waals surface area contributed by atoms with Crippen LogP contribution in [0.3, 0.4) is 0 Å². The summed E-state index contributed by atoms with van der Waals surface area (Å²) in [6.45, 7) is 6.29. The number of halogens is 1. The van der Waals surface area contributed by atoms with Crippen LogP contribution in [0.2, 0.25) is 0 Å². The van der Waals surface area contributed by atoms with Crippen LogP contribution in [0.5, 0.6) is 5.75 Å². The summed E-state index contributed by atoms with van der Waals surface area (Å²) in [4.78, 5) is 0. The van der Waals surface area contributed by atoms with Crippen molar-refractivity contribution in [3.8, 4) is 15.1 Å². The quantitative estimate of drug-likeness (QED) is 0.338. The Morgan fingerprint density at radius 3 is 2.81 bits per heavy atom. The van der Waals surface area contributed by atoms with E-state index in [2.05, 4.69) is 16.3 Å². The molecule has 0 aliphatic carbocycles. The average Bonchev–Trinajstić information content (AvgIpc) is 2.86. The van der Waals surface area contributed by atoms with Crippen LogP contribution in [0.15, 0.2) is 24.3 Å². The molecule has 0 saturated carbocycles. The molecular formula is C19H18BFO4Tl. The van der Waals surface area contributed by atoms with Crippen molar-refractivity contribution in [2.75, 3.05) is 13.9 Å². The molecule has 7 heteroatoms. The van der Waals surface area contributed by atoms with Crippen LogP contribution in [-0.4, -0.2) is 54.0 Å². The van der Waals surface area contributed by atoms with Gasteiger partial charge in [0.25, 0.3) is 0 Å². The Morgan fingerprint density at radius 2 is 2.04 bits per heavy atom. The van der Waals surface area contributed by atoms with Crippen LogP contribution in [0, 0.1) is 15.2 Å². The van der Waals surface area contributed by atoms with Crippen molar-refractivity contribution in [2.24, 2.45) is 0 Å². The zero-order valence-corrected chi connectivity index (χ0v) is 19.7. The fourth-order valence-electron chi connectivity index (χ4n) is 3.32. The zero-order chi connectivity index (χ0) is 18.5. The van der Waals surface area contributed by atoms with Crippen LogP contribution < -0.4 is 10.2 Å². The molecule has 1 saturated heterocycles. The van der Waals surface area contributed by atoms with Crippen molar-refractivity contribution >= 4 is 47.6 Å². The first-order valence-corrected chi connectivity index (χ1v) is 12.9. The second kappa shape index (κ2) is 6.48. The number of hydrogen-bond acceptors (Lipinski definition) is 4. The van der Waals surface area contributed by atoms with Gasteiger partial charge in [-0.25, -0.2) is 0 Å². The summed E-state index contributed by atoms with van der Waals surface area (Å²) >= 11 is -1.71. The summed E-state index contributed by atoms with van der Waals surface area (Å²) < 4.78 is 40.8. The van der Waals surface area contributed by atoms with E-state index < -0.39 is 37.0 Å². The fourth-order valence-corrected chi connectivity index (χ4v) is 7.59. The number of fused-ring (bicyclic) bond motifs is 3. The topological polar surface area (TPSA) is 36.9 Å². The van der Waals surface area contributed by atoms with Crippen LogP contribution >= 0.6 is 0 Å². The predicted octanol–water partition coefficient (Wildman–Crippen LogP) is 2.23. The molecule has 1 fully saturated rings. The number of hydrogen-bond donors (Lipinski definition) is 0. The Labute approximate surface area is 164 Å². The van der Waals surface area contributed by atoms with Crippen LogP contribution in [0.1, 0.15) is 26.3 Å². The molecule has 4 rings (SSSR count). The molecule has 2 bridgehead atoms. The maximum atomic E-state index is 14.6.